The van der Waals surface area contributed by atoms with Crippen molar-refractivity contribution in [1.82, 2.24) is 4.98 Å². The zero-order valence-electron chi connectivity index (χ0n) is 12.7. The number of hydrogen-bond acceptors (Lipinski definition) is 5. The minimum atomic E-state index is -1.20. The van der Waals surface area contributed by atoms with E-state index in [4.69, 9.17) is 23.2 Å². The lowest BCUT2D eigenvalue weighted by Crippen LogP contribution is -2.28. The first-order valence-electron chi connectivity index (χ1n) is 7.23. The molecule has 0 aliphatic carbocycles. The fourth-order valence-corrected chi connectivity index (χ4v) is 2.97. The summed E-state index contributed by atoms with van der Waals surface area (Å²) in [6, 6.07) is 13.4. The molecule has 0 aliphatic rings. The molecule has 4 N–H and O–H groups in total. The van der Waals surface area contributed by atoms with Crippen molar-refractivity contribution in [1.29, 1.82) is 0 Å². The third kappa shape index (κ3) is 3.93. The number of pyridine rings is 1. The molecule has 1 unspecified atom stereocenters. The number of aromatic nitrogens is 1. The summed E-state index contributed by atoms with van der Waals surface area (Å²) in [5.74, 6) is -1.20. The van der Waals surface area contributed by atoms with Gasteiger partial charge in [0.15, 0.2) is 5.69 Å². The molecule has 0 saturated carbocycles. The Hall–Kier alpha value is -2.54. The number of aliphatic hydroxyl groups is 1. The lowest BCUT2D eigenvalue weighted by Gasteiger charge is -2.19. The average molecular weight is 378 g/mol. The van der Waals surface area contributed by atoms with Crippen LogP contribution in [-0.2, 0) is 0 Å². The first-order valence-corrected chi connectivity index (χ1v) is 7.99. The van der Waals surface area contributed by atoms with Gasteiger partial charge in [0.25, 0.3) is 0 Å². The van der Waals surface area contributed by atoms with E-state index in [0.717, 1.165) is 0 Å². The van der Waals surface area contributed by atoms with Crippen LogP contribution in [0.2, 0.25) is 10.0 Å². The quantitative estimate of drug-likeness (QED) is 0.501. The van der Waals surface area contributed by atoms with Crippen molar-refractivity contribution >= 4 is 51.4 Å². The highest BCUT2D eigenvalue weighted by atomic mass is 35.5. The summed E-state index contributed by atoms with van der Waals surface area (Å²) in [4.78, 5) is 15.3. The number of carboxylic acid groups (broad SMARTS) is 1. The third-order valence-electron chi connectivity index (χ3n) is 3.41. The highest BCUT2D eigenvalue weighted by Gasteiger charge is 2.16. The molecule has 0 aliphatic heterocycles. The molecule has 128 valence electrons. The molecule has 1 atom stereocenters. The van der Waals surface area contributed by atoms with Gasteiger partial charge in [0, 0.05) is 16.1 Å². The second-order valence-electron chi connectivity index (χ2n) is 5.20. The summed E-state index contributed by atoms with van der Waals surface area (Å²) >= 11 is 12.2. The van der Waals surface area contributed by atoms with Crippen molar-refractivity contribution in [3.63, 3.8) is 0 Å². The topological polar surface area (TPSA) is 94.5 Å². The number of benzene rings is 2. The van der Waals surface area contributed by atoms with Gasteiger partial charge in [0.05, 0.1) is 16.2 Å². The number of carbonyl (C=O) groups is 1. The highest BCUT2D eigenvalue weighted by molar-refractivity contribution is 6.39. The maximum Gasteiger partial charge on any atom is 0.354 e. The van der Waals surface area contributed by atoms with Crippen LogP contribution in [0.5, 0.6) is 0 Å². The number of hydrogen-bond donors (Lipinski definition) is 4. The van der Waals surface area contributed by atoms with Gasteiger partial charge in [0.1, 0.15) is 0 Å². The van der Waals surface area contributed by atoms with Crippen molar-refractivity contribution in [3.8, 4) is 0 Å². The molecule has 2 aromatic carbocycles. The van der Waals surface area contributed by atoms with Gasteiger partial charge in [0.2, 0.25) is 6.35 Å². The number of para-hydroxylation sites is 1. The summed E-state index contributed by atoms with van der Waals surface area (Å²) in [7, 11) is 0. The van der Waals surface area contributed by atoms with Crippen LogP contribution in [0.4, 0.5) is 11.4 Å². The summed E-state index contributed by atoms with van der Waals surface area (Å²) in [6.07, 6.45) is -1.18. The fraction of sp³-hybridized carbons (Fsp3) is 0.0588. The van der Waals surface area contributed by atoms with E-state index in [9.17, 15) is 15.0 Å². The number of rotatable bonds is 5. The van der Waals surface area contributed by atoms with Gasteiger partial charge in [-0.3, -0.25) is 0 Å². The van der Waals surface area contributed by atoms with Crippen LogP contribution in [0.1, 0.15) is 10.5 Å². The molecule has 3 rings (SSSR count). The Kier molecular flexibility index (Phi) is 4.94. The average Bonchev–Trinajstić information content (AvgIpc) is 2.54. The van der Waals surface area contributed by atoms with E-state index >= 15 is 0 Å². The Balaban J connectivity index is 2.00. The molecular formula is C17H13Cl2N3O3. The normalized spacial score (nSPS) is 12.0. The number of aromatic carboxylic acids is 1. The predicted molar refractivity (Wildman–Crippen MR) is 98.4 cm³/mol. The number of halogens is 2. The van der Waals surface area contributed by atoms with Crippen LogP contribution in [0, 0.1) is 0 Å². The Morgan fingerprint density at radius 1 is 1.08 bits per heavy atom. The smallest absolute Gasteiger partial charge is 0.354 e. The lowest BCUT2D eigenvalue weighted by atomic mass is 10.1. The minimum Gasteiger partial charge on any atom is -0.477 e. The van der Waals surface area contributed by atoms with Gasteiger partial charge in [-0.2, -0.15) is 0 Å². The van der Waals surface area contributed by atoms with Gasteiger partial charge in [-0.25, -0.2) is 9.78 Å². The molecule has 25 heavy (non-hydrogen) atoms. The number of nitrogens with zero attached hydrogens (tertiary/aromatic N) is 1. The van der Waals surface area contributed by atoms with Crippen molar-refractivity contribution in [3.05, 3.63) is 64.3 Å². The SMILES string of the molecule is O=C(O)c1cc(NC(O)Nc2ccccc2)c2c(Cl)cc(Cl)cc2n1. The number of anilines is 2. The van der Waals surface area contributed by atoms with E-state index < -0.39 is 12.3 Å². The van der Waals surface area contributed by atoms with E-state index in [1.165, 1.54) is 18.2 Å². The lowest BCUT2D eigenvalue weighted by molar-refractivity contribution is 0.0691. The molecule has 6 nitrogen and oxygen atoms in total. The van der Waals surface area contributed by atoms with Crippen LogP contribution in [-0.4, -0.2) is 27.5 Å². The van der Waals surface area contributed by atoms with E-state index in [0.29, 0.717) is 32.3 Å². The zero-order valence-corrected chi connectivity index (χ0v) is 14.2. The summed E-state index contributed by atoms with van der Waals surface area (Å²) in [5.41, 5.74) is 1.13. The van der Waals surface area contributed by atoms with Crippen molar-refractivity contribution < 1.29 is 15.0 Å². The van der Waals surface area contributed by atoms with E-state index in [-0.39, 0.29) is 5.69 Å². The second kappa shape index (κ2) is 7.14. The molecule has 0 radical (unpaired) electrons. The monoisotopic (exact) mass is 377 g/mol. The Labute approximate surface area is 153 Å². The molecule has 0 saturated heterocycles. The zero-order chi connectivity index (χ0) is 18.0. The Morgan fingerprint density at radius 3 is 2.48 bits per heavy atom. The molecule has 0 bridgehead atoms. The summed E-state index contributed by atoms with van der Waals surface area (Å²) in [5, 5.41) is 26.2. The van der Waals surface area contributed by atoms with Gasteiger partial charge in [-0.05, 0) is 30.3 Å². The first-order chi connectivity index (χ1) is 11.9. The molecule has 1 aromatic heterocycles. The number of nitrogens with one attached hydrogen (secondary N) is 2. The summed E-state index contributed by atoms with van der Waals surface area (Å²) in [6.45, 7) is 0. The predicted octanol–water partition coefficient (Wildman–Crippen LogP) is 4.04. The number of aliphatic hydroxyl groups excluding tert-OH is 1. The molecule has 0 spiro atoms. The maximum absolute atomic E-state index is 11.3. The van der Waals surface area contributed by atoms with Gasteiger partial charge in [-0.1, -0.05) is 41.4 Å². The molecular weight excluding hydrogens is 365 g/mol. The van der Waals surface area contributed by atoms with Crippen molar-refractivity contribution in [2.75, 3.05) is 10.6 Å². The van der Waals surface area contributed by atoms with E-state index in [1.54, 1.807) is 12.1 Å². The second-order valence-corrected chi connectivity index (χ2v) is 6.04. The molecule has 1 heterocycles. The largest absolute Gasteiger partial charge is 0.477 e. The number of carboxylic acids is 1. The maximum atomic E-state index is 11.3. The first kappa shape index (κ1) is 17.3. The highest BCUT2D eigenvalue weighted by Crippen LogP contribution is 2.33. The van der Waals surface area contributed by atoms with Crippen LogP contribution >= 0.6 is 23.2 Å². The molecule has 0 amide bonds. The Morgan fingerprint density at radius 2 is 1.80 bits per heavy atom. The van der Waals surface area contributed by atoms with Crippen molar-refractivity contribution in [2.24, 2.45) is 0 Å². The van der Waals surface area contributed by atoms with E-state index in [2.05, 4.69) is 15.6 Å². The fourth-order valence-electron chi connectivity index (χ4n) is 2.38. The van der Waals surface area contributed by atoms with Crippen LogP contribution < -0.4 is 10.6 Å². The molecule has 8 heteroatoms. The van der Waals surface area contributed by atoms with Gasteiger partial charge >= 0.3 is 5.97 Å². The molecule has 3 aromatic rings. The van der Waals surface area contributed by atoms with Gasteiger partial charge in [-0.15, -0.1) is 0 Å². The standard InChI is InChI=1S/C17H13Cl2N3O3/c18-9-6-11(19)15-12(7-9)21-14(16(23)24)8-13(15)22-17(25)20-10-4-2-1-3-5-10/h1-8,17,20,25H,(H,21,22)(H,23,24). The minimum absolute atomic E-state index is 0.194. The molecule has 0 fully saturated rings. The van der Waals surface area contributed by atoms with Crippen LogP contribution in [0.3, 0.4) is 0 Å². The van der Waals surface area contributed by atoms with E-state index in [1.807, 2.05) is 18.2 Å². The summed E-state index contributed by atoms with van der Waals surface area (Å²) < 4.78 is 0. The van der Waals surface area contributed by atoms with Crippen LogP contribution in [0.15, 0.2) is 48.5 Å². The van der Waals surface area contributed by atoms with Crippen molar-refractivity contribution in [2.45, 2.75) is 6.35 Å². The number of fused-ring (bicyclic) bond motifs is 1. The third-order valence-corrected chi connectivity index (χ3v) is 3.93. The Bertz CT molecular complexity index is 935. The van der Waals surface area contributed by atoms with Crippen LogP contribution in [0.25, 0.3) is 10.9 Å². The van der Waals surface area contributed by atoms with Gasteiger partial charge < -0.3 is 20.8 Å².